The first-order valence-electron chi connectivity index (χ1n) is 7.01. The van der Waals surface area contributed by atoms with Gasteiger partial charge in [-0.3, -0.25) is 0 Å². The molecule has 4 aliphatic rings. The predicted octanol–water partition coefficient (Wildman–Crippen LogP) is 3.42. The van der Waals surface area contributed by atoms with Crippen LogP contribution in [0.2, 0.25) is 0 Å². The van der Waals surface area contributed by atoms with E-state index in [2.05, 4.69) is 10.2 Å². The zero-order valence-corrected chi connectivity index (χ0v) is 9.86. The van der Waals surface area contributed by atoms with Gasteiger partial charge >= 0.3 is 0 Å². The molecule has 0 N–H and O–H groups in total. The Morgan fingerprint density at radius 2 is 1.19 bits per heavy atom. The monoisotopic (exact) mass is 216 g/mol. The number of rotatable bonds is 1. The van der Waals surface area contributed by atoms with Gasteiger partial charge in [-0.2, -0.15) is 10.2 Å². The largest absolute Gasteiger partial charge is 0.160 e. The zero-order chi connectivity index (χ0) is 10.5. The first-order chi connectivity index (χ1) is 7.88. The van der Waals surface area contributed by atoms with Gasteiger partial charge in [-0.15, -0.1) is 0 Å². The van der Waals surface area contributed by atoms with Crippen LogP contribution in [0.25, 0.3) is 0 Å². The Bertz CT molecular complexity index is 333. The topological polar surface area (TPSA) is 24.7 Å². The average Bonchev–Trinajstić information content (AvgIpc) is 3.05. The number of fused-ring (bicyclic) bond motifs is 4. The van der Waals surface area contributed by atoms with Crippen LogP contribution in [0.1, 0.15) is 51.4 Å². The molecule has 0 saturated heterocycles. The summed E-state index contributed by atoms with van der Waals surface area (Å²) in [7, 11) is 0. The molecular weight excluding hydrogens is 196 g/mol. The van der Waals surface area contributed by atoms with Gasteiger partial charge < -0.3 is 0 Å². The summed E-state index contributed by atoms with van der Waals surface area (Å²) in [5, 5.41) is 9.22. The van der Waals surface area contributed by atoms with Crippen LogP contribution in [0.15, 0.2) is 10.2 Å². The standard InChI is InChI=1S/C14H20N2/c1-3-11-5-9(1)7-13(11)15-16-14-8-10-2-4-12(14)6-10/h9-12H,1-8H2/b15-13-,16-14+. The molecule has 4 saturated carbocycles. The second kappa shape index (κ2) is 3.41. The lowest BCUT2D eigenvalue weighted by Gasteiger charge is -2.12. The minimum Gasteiger partial charge on any atom is -0.160 e. The highest BCUT2D eigenvalue weighted by Crippen LogP contribution is 2.44. The highest BCUT2D eigenvalue weighted by molar-refractivity contribution is 5.93. The lowest BCUT2D eigenvalue weighted by atomic mass is 9.98. The molecule has 0 aromatic heterocycles. The van der Waals surface area contributed by atoms with E-state index in [1.807, 2.05) is 0 Å². The fourth-order valence-electron chi connectivity index (χ4n) is 4.42. The Morgan fingerprint density at radius 1 is 0.688 bits per heavy atom. The lowest BCUT2D eigenvalue weighted by molar-refractivity contribution is 0.589. The van der Waals surface area contributed by atoms with Crippen molar-refractivity contribution in [2.45, 2.75) is 51.4 Å². The van der Waals surface area contributed by atoms with E-state index in [0.717, 1.165) is 23.7 Å². The molecule has 0 amide bonds. The van der Waals surface area contributed by atoms with Gasteiger partial charge in [0.1, 0.15) is 0 Å². The minimum absolute atomic E-state index is 0.813. The maximum Gasteiger partial charge on any atom is 0.0439 e. The van der Waals surface area contributed by atoms with Gasteiger partial charge in [-0.05, 0) is 75.0 Å². The molecule has 2 nitrogen and oxygen atoms in total. The summed E-state index contributed by atoms with van der Waals surface area (Å²) in [5.74, 6) is 3.55. The molecule has 86 valence electrons. The summed E-state index contributed by atoms with van der Waals surface area (Å²) >= 11 is 0. The van der Waals surface area contributed by atoms with E-state index >= 15 is 0 Å². The fourth-order valence-corrected chi connectivity index (χ4v) is 4.42. The van der Waals surface area contributed by atoms with E-state index in [1.165, 1.54) is 62.8 Å². The summed E-state index contributed by atoms with van der Waals surface area (Å²) in [6, 6.07) is 0. The summed E-state index contributed by atoms with van der Waals surface area (Å²) < 4.78 is 0. The quantitative estimate of drug-likeness (QED) is 0.600. The number of hydrogen-bond donors (Lipinski definition) is 0. The molecule has 0 aliphatic heterocycles. The van der Waals surface area contributed by atoms with Gasteiger partial charge in [0, 0.05) is 11.4 Å². The Morgan fingerprint density at radius 3 is 1.50 bits per heavy atom. The Hall–Kier alpha value is -0.660. The van der Waals surface area contributed by atoms with Crippen LogP contribution in [0.5, 0.6) is 0 Å². The number of nitrogens with zero attached hydrogens (tertiary/aromatic N) is 2. The first kappa shape index (κ1) is 9.38. The predicted molar refractivity (Wildman–Crippen MR) is 65.8 cm³/mol. The highest BCUT2D eigenvalue weighted by atomic mass is 15.2. The zero-order valence-electron chi connectivity index (χ0n) is 9.86. The minimum atomic E-state index is 0.813. The van der Waals surface area contributed by atoms with Crippen molar-refractivity contribution in [3.8, 4) is 0 Å². The van der Waals surface area contributed by atoms with E-state index in [9.17, 15) is 0 Å². The van der Waals surface area contributed by atoms with Crippen LogP contribution in [0, 0.1) is 23.7 Å². The van der Waals surface area contributed by atoms with Crippen LogP contribution < -0.4 is 0 Å². The summed E-state index contributed by atoms with van der Waals surface area (Å²) in [5.41, 5.74) is 2.87. The third-order valence-corrected chi connectivity index (χ3v) is 5.33. The van der Waals surface area contributed by atoms with Crippen LogP contribution in [-0.2, 0) is 0 Å². The van der Waals surface area contributed by atoms with E-state index in [-0.39, 0.29) is 0 Å². The van der Waals surface area contributed by atoms with Gasteiger partial charge in [0.05, 0.1) is 0 Å². The molecule has 4 bridgehead atoms. The Labute approximate surface area is 97.2 Å². The summed E-state index contributed by atoms with van der Waals surface area (Å²) in [4.78, 5) is 0. The van der Waals surface area contributed by atoms with Crippen LogP contribution in [0.3, 0.4) is 0 Å². The van der Waals surface area contributed by atoms with Crippen molar-refractivity contribution >= 4 is 11.4 Å². The summed E-state index contributed by atoms with van der Waals surface area (Å²) in [6.07, 6.45) is 11.0. The van der Waals surface area contributed by atoms with Gasteiger partial charge in [0.25, 0.3) is 0 Å². The SMILES string of the molecule is C1CC2CC1C/C2=N/N=C1\CC2CCC1C2. The van der Waals surface area contributed by atoms with E-state index in [0.29, 0.717) is 0 Å². The van der Waals surface area contributed by atoms with Crippen molar-refractivity contribution in [2.24, 2.45) is 33.9 Å². The molecule has 4 unspecified atom stereocenters. The highest BCUT2D eigenvalue weighted by Gasteiger charge is 2.38. The molecule has 4 fully saturated rings. The third kappa shape index (κ3) is 1.38. The summed E-state index contributed by atoms with van der Waals surface area (Å²) in [6.45, 7) is 0. The second-order valence-corrected chi connectivity index (χ2v) is 6.34. The smallest absolute Gasteiger partial charge is 0.0439 e. The number of hydrogen-bond acceptors (Lipinski definition) is 2. The maximum absolute atomic E-state index is 4.61. The molecule has 0 aromatic rings. The van der Waals surface area contributed by atoms with Gasteiger partial charge in [-0.25, -0.2) is 0 Å². The van der Waals surface area contributed by atoms with Crippen molar-refractivity contribution in [3.05, 3.63) is 0 Å². The molecule has 2 heteroatoms. The molecule has 0 aromatic carbocycles. The second-order valence-electron chi connectivity index (χ2n) is 6.34. The van der Waals surface area contributed by atoms with Crippen molar-refractivity contribution in [1.82, 2.24) is 0 Å². The van der Waals surface area contributed by atoms with Crippen LogP contribution in [-0.4, -0.2) is 11.4 Å². The Balaban J connectivity index is 1.52. The molecule has 4 atom stereocenters. The van der Waals surface area contributed by atoms with Crippen LogP contribution >= 0.6 is 0 Å². The molecule has 4 aliphatic carbocycles. The van der Waals surface area contributed by atoms with Crippen molar-refractivity contribution in [1.29, 1.82) is 0 Å². The lowest BCUT2D eigenvalue weighted by Crippen LogP contribution is -2.11. The fraction of sp³-hybridized carbons (Fsp3) is 0.857. The molecule has 4 rings (SSSR count). The van der Waals surface area contributed by atoms with Gasteiger partial charge in [0.2, 0.25) is 0 Å². The Kier molecular flexibility index (Phi) is 2.00. The average molecular weight is 216 g/mol. The first-order valence-corrected chi connectivity index (χ1v) is 7.01. The molecule has 0 spiro atoms. The maximum atomic E-state index is 4.61. The van der Waals surface area contributed by atoms with Crippen molar-refractivity contribution in [2.75, 3.05) is 0 Å². The third-order valence-electron chi connectivity index (χ3n) is 5.33. The molecular formula is C14H20N2. The van der Waals surface area contributed by atoms with Crippen molar-refractivity contribution < 1.29 is 0 Å². The van der Waals surface area contributed by atoms with Crippen LogP contribution in [0.4, 0.5) is 0 Å². The molecule has 16 heavy (non-hydrogen) atoms. The van der Waals surface area contributed by atoms with E-state index in [4.69, 9.17) is 0 Å². The van der Waals surface area contributed by atoms with Crippen molar-refractivity contribution in [3.63, 3.8) is 0 Å². The van der Waals surface area contributed by atoms with E-state index < -0.39 is 0 Å². The van der Waals surface area contributed by atoms with E-state index in [1.54, 1.807) is 0 Å². The van der Waals surface area contributed by atoms with Gasteiger partial charge in [0.15, 0.2) is 0 Å². The van der Waals surface area contributed by atoms with Gasteiger partial charge in [-0.1, -0.05) is 0 Å². The molecule has 0 heterocycles. The normalized spacial score (nSPS) is 50.0. The molecule has 0 radical (unpaired) electrons.